The maximum absolute atomic E-state index is 13.0. The van der Waals surface area contributed by atoms with Crippen molar-refractivity contribution in [1.29, 1.82) is 5.26 Å². The summed E-state index contributed by atoms with van der Waals surface area (Å²) in [6.07, 6.45) is 0.0503. The molecule has 0 unspecified atom stereocenters. The van der Waals surface area contributed by atoms with Crippen LogP contribution < -0.4 is 11.1 Å². The van der Waals surface area contributed by atoms with E-state index in [1.165, 1.54) is 18.2 Å². The summed E-state index contributed by atoms with van der Waals surface area (Å²) in [5, 5.41) is 11.1. The second-order valence-electron chi connectivity index (χ2n) is 4.59. The third-order valence-corrected chi connectivity index (χ3v) is 2.86. The van der Waals surface area contributed by atoms with Crippen LogP contribution >= 0.6 is 0 Å². The first-order valence-electron chi connectivity index (χ1n) is 6.14. The molecule has 0 fully saturated rings. The minimum Gasteiger partial charge on any atom is -0.368 e. The van der Waals surface area contributed by atoms with Gasteiger partial charge in [-0.15, -0.1) is 0 Å². The van der Waals surface area contributed by atoms with Crippen molar-refractivity contribution in [2.45, 2.75) is 25.8 Å². The standard InChI is InChI=1S/C14H16FN3O2/c1-9(5-6-16)13(14(17)20)18-12(19)8-10-3-2-4-11(15)7-10/h2-4,7,9,13H,5,8H2,1H3,(H2,17,20)(H,18,19)/t9-,13+/m1/s1. The van der Waals surface area contributed by atoms with Crippen LogP contribution in [0.3, 0.4) is 0 Å². The van der Waals surface area contributed by atoms with Crippen molar-refractivity contribution in [3.05, 3.63) is 35.6 Å². The van der Waals surface area contributed by atoms with Crippen LogP contribution in [0.2, 0.25) is 0 Å². The monoisotopic (exact) mass is 277 g/mol. The summed E-state index contributed by atoms with van der Waals surface area (Å²) < 4.78 is 13.0. The quantitative estimate of drug-likeness (QED) is 0.808. The minimum atomic E-state index is -0.907. The van der Waals surface area contributed by atoms with E-state index in [2.05, 4.69) is 5.32 Å². The number of amides is 2. The molecule has 0 aromatic heterocycles. The van der Waals surface area contributed by atoms with Crippen LogP contribution in [0.5, 0.6) is 0 Å². The number of nitriles is 1. The molecule has 0 radical (unpaired) electrons. The molecule has 5 nitrogen and oxygen atoms in total. The molecule has 0 aliphatic carbocycles. The minimum absolute atomic E-state index is 0.0547. The van der Waals surface area contributed by atoms with E-state index in [1.54, 1.807) is 13.0 Å². The summed E-state index contributed by atoms with van der Waals surface area (Å²) in [6, 6.07) is 6.66. The van der Waals surface area contributed by atoms with E-state index in [4.69, 9.17) is 11.0 Å². The van der Waals surface area contributed by atoms with Gasteiger partial charge in [0.1, 0.15) is 11.9 Å². The van der Waals surface area contributed by atoms with Crippen molar-refractivity contribution in [3.8, 4) is 6.07 Å². The van der Waals surface area contributed by atoms with E-state index in [9.17, 15) is 14.0 Å². The highest BCUT2D eigenvalue weighted by Crippen LogP contribution is 2.09. The van der Waals surface area contributed by atoms with Gasteiger partial charge in [-0.3, -0.25) is 9.59 Å². The normalized spacial score (nSPS) is 13.1. The first-order valence-corrected chi connectivity index (χ1v) is 6.14. The summed E-state index contributed by atoms with van der Waals surface area (Å²) in [7, 11) is 0. The van der Waals surface area contributed by atoms with Gasteiger partial charge >= 0.3 is 0 Å². The van der Waals surface area contributed by atoms with Gasteiger partial charge in [0.25, 0.3) is 0 Å². The van der Waals surface area contributed by atoms with Gasteiger partial charge in [-0.25, -0.2) is 4.39 Å². The number of rotatable bonds is 6. The Morgan fingerprint density at radius 3 is 2.75 bits per heavy atom. The number of nitrogens with two attached hydrogens (primary N) is 1. The third-order valence-electron chi connectivity index (χ3n) is 2.86. The SMILES string of the molecule is C[C@H](CC#N)[C@H](NC(=O)Cc1cccc(F)c1)C(N)=O. The van der Waals surface area contributed by atoms with E-state index in [0.29, 0.717) is 5.56 Å². The number of carbonyl (C=O) groups excluding carboxylic acids is 2. The van der Waals surface area contributed by atoms with Crippen molar-refractivity contribution in [3.63, 3.8) is 0 Å². The Bertz CT molecular complexity index is 539. The summed E-state index contributed by atoms with van der Waals surface area (Å²) in [5.74, 6) is -1.95. The molecule has 20 heavy (non-hydrogen) atoms. The Kier molecular flexibility index (Phi) is 5.66. The van der Waals surface area contributed by atoms with Crippen LogP contribution in [0.1, 0.15) is 18.9 Å². The highest BCUT2D eigenvalue weighted by Gasteiger charge is 2.24. The van der Waals surface area contributed by atoms with Crippen LogP contribution in [0.25, 0.3) is 0 Å². The smallest absolute Gasteiger partial charge is 0.240 e. The van der Waals surface area contributed by atoms with Gasteiger partial charge in [-0.1, -0.05) is 19.1 Å². The molecule has 1 aromatic rings. The Labute approximate surface area is 116 Å². The zero-order valence-corrected chi connectivity index (χ0v) is 11.1. The lowest BCUT2D eigenvalue weighted by Gasteiger charge is -2.20. The summed E-state index contributed by atoms with van der Waals surface area (Å²) in [6.45, 7) is 1.65. The maximum Gasteiger partial charge on any atom is 0.240 e. The number of primary amides is 1. The lowest BCUT2D eigenvalue weighted by Crippen LogP contribution is -2.48. The van der Waals surface area contributed by atoms with E-state index < -0.39 is 23.7 Å². The second-order valence-corrected chi connectivity index (χ2v) is 4.59. The van der Waals surface area contributed by atoms with Crippen LogP contribution in [0, 0.1) is 23.1 Å². The molecule has 6 heteroatoms. The van der Waals surface area contributed by atoms with Gasteiger partial charge in [0.2, 0.25) is 11.8 Å². The number of hydrogen-bond acceptors (Lipinski definition) is 3. The topological polar surface area (TPSA) is 96.0 Å². The lowest BCUT2D eigenvalue weighted by atomic mass is 9.98. The van der Waals surface area contributed by atoms with E-state index in [1.807, 2.05) is 6.07 Å². The van der Waals surface area contributed by atoms with Gasteiger partial charge < -0.3 is 11.1 Å². The van der Waals surface area contributed by atoms with Crippen LogP contribution in [-0.2, 0) is 16.0 Å². The molecule has 0 spiro atoms. The predicted molar refractivity (Wildman–Crippen MR) is 70.6 cm³/mol. The van der Waals surface area contributed by atoms with E-state index in [0.717, 1.165) is 0 Å². The summed E-state index contributed by atoms with van der Waals surface area (Å²) >= 11 is 0. The van der Waals surface area contributed by atoms with Gasteiger partial charge in [-0.05, 0) is 23.6 Å². The number of benzene rings is 1. The molecule has 0 heterocycles. The second kappa shape index (κ2) is 7.24. The van der Waals surface area contributed by atoms with E-state index >= 15 is 0 Å². The molecular formula is C14H16FN3O2. The van der Waals surface area contributed by atoms with E-state index in [-0.39, 0.29) is 18.8 Å². The van der Waals surface area contributed by atoms with Gasteiger partial charge in [0, 0.05) is 6.42 Å². The fourth-order valence-electron chi connectivity index (χ4n) is 1.81. The molecule has 2 atom stereocenters. The average Bonchev–Trinajstić information content (AvgIpc) is 2.35. The highest BCUT2D eigenvalue weighted by atomic mass is 19.1. The van der Waals surface area contributed by atoms with Crippen molar-refractivity contribution in [1.82, 2.24) is 5.32 Å². The molecule has 0 bridgehead atoms. The first kappa shape index (κ1) is 15.6. The first-order chi connectivity index (χ1) is 9.43. The molecule has 0 saturated heterocycles. The predicted octanol–water partition coefficient (Wildman–Crippen LogP) is 0.888. The highest BCUT2D eigenvalue weighted by molar-refractivity contribution is 5.87. The maximum atomic E-state index is 13.0. The van der Waals surface area contributed by atoms with Crippen LogP contribution in [0.4, 0.5) is 4.39 Å². The van der Waals surface area contributed by atoms with Crippen molar-refractivity contribution in [2.75, 3.05) is 0 Å². The molecule has 0 aliphatic heterocycles. The largest absolute Gasteiger partial charge is 0.368 e. The molecule has 1 aromatic carbocycles. The van der Waals surface area contributed by atoms with Crippen molar-refractivity contribution in [2.24, 2.45) is 11.7 Å². The van der Waals surface area contributed by atoms with Crippen LogP contribution in [-0.4, -0.2) is 17.9 Å². The molecule has 0 aliphatic rings. The number of nitrogens with zero attached hydrogens (tertiary/aromatic N) is 1. The van der Waals surface area contributed by atoms with Gasteiger partial charge in [-0.2, -0.15) is 5.26 Å². The summed E-state index contributed by atoms with van der Waals surface area (Å²) in [4.78, 5) is 23.1. The molecular weight excluding hydrogens is 261 g/mol. The summed E-state index contributed by atoms with van der Waals surface area (Å²) in [5.41, 5.74) is 5.71. The van der Waals surface area contributed by atoms with Crippen molar-refractivity contribution < 1.29 is 14.0 Å². The Morgan fingerprint density at radius 2 is 2.20 bits per heavy atom. The number of hydrogen-bond donors (Lipinski definition) is 2. The zero-order chi connectivity index (χ0) is 15.1. The molecule has 1 rings (SSSR count). The van der Waals surface area contributed by atoms with Gasteiger partial charge in [0.05, 0.1) is 12.5 Å². The number of nitrogens with one attached hydrogen (secondary N) is 1. The van der Waals surface area contributed by atoms with Crippen LogP contribution in [0.15, 0.2) is 24.3 Å². The molecule has 2 amide bonds. The third kappa shape index (κ3) is 4.69. The Hall–Kier alpha value is -2.42. The zero-order valence-electron chi connectivity index (χ0n) is 11.1. The van der Waals surface area contributed by atoms with Crippen molar-refractivity contribution >= 4 is 11.8 Å². The molecule has 3 N–H and O–H groups in total. The lowest BCUT2D eigenvalue weighted by molar-refractivity contribution is -0.128. The molecule has 106 valence electrons. The number of carbonyl (C=O) groups is 2. The fraction of sp³-hybridized carbons (Fsp3) is 0.357. The average molecular weight is 277 g/mol. The van der Waals surface area contributed by atoms with Gasteiger partial charge in [0.15, 0.2) is 0 Å². The fourth-order valence-corrected chi connectivity index (χ4v) is 1.81. The number of halogens is 1. The Morgan fingerprint density at radius 1 is 1.50 bits per heavy atom. The molecule has 0 saturated carbocycles. The Balaban J connectivity index is 2.67.